The third-order valence-electron chi connectivity index (χ3n) is 7.06. The number of pyridine rings is 2. The lowest BCUT2D eigenvalue weighted by molar-refractivity contribution is -0.615. The van der Waals surface area contributed by atoms with E-state index in [1.54, 1.807) is 0 Å². The van der Waals surface area contributed by atoms with Crippen molar-refractivity contribution in [1.29, 1.82) is 0 Å². The first-order valence-corrected chi connectivity index (χ1v) is 13.9. The summed E-state index contributed by atoms with van der Waals surface area (Å²) < 4.78 is 112. The van der Waals surface area contributed by atoms with E-state index in [0.717, 1.165) is 27.8 Å². The summed E-state index contributed by atoms with van der Waals surface area (Å²) in [6, 6.07) is 6.04. The number of aromatic nitrogens is 10. The highest BCUT2D eigenvalue weighted by Gasteiger charge is 2.34. The van der Waals surface area contributed by atoms with Gasteiger partial charge in [0, 0.05) is 30.4 Å². The van der Waals surface area contributed by atoms with Gasteiger partial charge in [0.1, 0.15) is 30.3 Å². The summed E-state index contributed by atoms with van der Waals surface area (Å²) in [4.78, 5) is 3.32. The maximum absolute atomic E-state index is 15.4. The Morgan fingerprint density at radius 3 is 2.44 bits per heavy atom. The summed E-state index contributed by atoms with van der Waals surface area (Å²) in [6.45, 7) is -1.59. The van der Waals surface area contributed by atoms with Gasteiger partial charge in [0.05, 0.1) is 34.2 Å². The Hall–Kier alpha value is -5.46. The molecule has 0 saturated carbocycles. The zero-order valence-corrected chi connectivity index (χ0v) is 24.5. The Balaban J connectivity index is 1.44. The Bertz CT molecular complexity index is 2090. The van der Waals surface area contributed by atoms with Crippen LogP contribution in [0.25, 0.3) is 27.9 Å². The molecular formula is C28H17ClF8N10O. The molecule has 0 aliphatic carbocycles. The summed E-state index contributed by atoms with van der Waals surface area (Å²) in [5.74, 6) is -2.01. The van der Waals surface area contributed by atoms with Crippen molar-refractivity contribution in [2.75, 3.05) is 0 Å². The molecule has 5 heterocycles. The van der Waals surface area contributed by atoms with Crippen LogP contribution < -0.4 is 4.73 Å². The van der Waals surface area contributed by atoms with Crippen LogP contribution in [0.2, 0.25) is 5.02 Å². The van der Waals surface area contributed by atoms with Crippen LogP contribution in [-0.2, 0) is 19.1 Å². The van der Waals surface area contributed by atoms with Crippen molar-refractivity contribution in [2.24, 2.45) is 0 Å². The Labute approximate surface area is 268 Å². The average molecular weight is 697 g/mol. The zero-order chi connectivity index (χ0) is 34.4. The van der Waals surface area contributed by atoms with Crippen LogP contribution in [0.5, 0.6) is 0 Å². The van der Waals surface area contributed by atoms with Gasteiger partial charge in [-0.3, -0.25) is 14.3 Å². The number of halogens is 9. The minimum Gasteiger partial charge on any atom is -0.618 e. The Morgan fingerprint density at radius 1 is 0.958 bits per heavy atom. The van der Waals surface area contributed by atoms with Crippen molar-refractivity contribution in [3.05, 3.63) is 113 Å². The largest absolute Gasteiger partial charge is 0.618 e. The molecule has 0 radical (unpaired) electrons. The number of hydrogen-bond donors (Lipinski definition) is 0. The topological polar surface area (TPSA) is 119 Å². The summed E-state index contributed by atoms with van der Waals surface area (Å²) in [5.41, 5.74) is -1.61. The highest BCUT2D eigenvalue weighted by Crippen LogP contribution is 2.35. The van der Waals surface area contributed by atoms with E-state index in [0.29, 0.717) is 15.6 Å². The highest BCUT2D eigenvalue weighted by atomic mass is 35.5. The van der Waals surface area contributed by atoms with Gasteiger partial charge in [0.15, 0.2) is 17.8 Å². The molecule has 0 spiro atoms. The van der Waals surface area contributed by atoms with Crippen LogP contribution in [-0.4, -0.2) is 50.9 Å². The summed E-state index contributed by atoms with van der Waals surface area (Å²) in [7, 11) is 0. The third kappa shape index (κ3) is 6.66. The first kappa shape index (κ1) is 32.5. The third-order valence-corrected chi connectivity index (χ3v) is 7.35. The second-order valence-electron chi connectivity index (χ2n) is 10.3. The van der Waals surface area contributed by atoms with Gasteiger partial charge >= 0.3 is 12.4 Å². The average Bonchev–Trinajstić information content (AvgIpc) is 3.79. The monoisotopic (exact) mass is 696 g/mol. The molecule has 0 fully saturated rings. The summed E-state index contributed by atoms with van der Waals surface area (Å²) in [5, 5.41) is 32.0. The molecule has 1 aromatic carbocycles. The van der Waals surface area contributed by atoms with Crippen molar-refractivity contribution in [3.63, 3.8) is 0 Å². The molecule has 1 atom stereocenters. The molecular weight excluding hydrogens is 680 g/mol. The van der Waals surface area contributed by atoms with Crippen LogP contribution in [0.1, 0.15) is 23.1 Å². The maximum atomic E-state index is 15.4. The number of nitrogens with zero attached hydrogens (tertiary/aromatic N) is 10. The lowest BCUT2D eigenvalue weighted by atomic mass is 10.0. The molecule has 6 rings (SSSR count). The van der Waals surface area contributed by atoms with E-state index in [2.05, 4.69) is 30.7 Å². The van der Waals surface area contributed by atoms with Crippen molar-refractivity contribution in [1.82, 2.24) is 44.8 Å². The molecule has 0 aliphatic heterocycles. The van der Waals surface area contributed by atoms with E-state index < -0.39 is 54.4 Å². The molecule has 0 saturated heterocycles. The Kier molecular flexibility index (Phi) is 8.31. The van der Waals surface area contributed by atoms with Gasteiger partial charge in [-0.15, -0.1) is 5.10 Å². The number of benzene rings is 1. The zero-order valence-electron chi connectivity index (χ0n) is 23.7. The minimum atomic E-state index is -4.75. The number of alkyl halides is 6. The molecule has 11 nitrogen and oxygen atoms in total. The van der Waals surface area contributed by atoms with E-state index in [1.165, 1.54) is 49.1 Å². The first-order chi connectivity index (χ1) is 22.7. The molecule has 248 valence electrons. The molecule has 1 unspecified atom stereocenters. The van der Waals surface area contributed by atoms with E-state index >= 15 is 4.39 Å². The molecule has 5 aromatic heterocycles. The van der Waals surface area contributed by atoms with Crippen molar-refractivity contribution >= 4 is 11.6 Å². The van der Waals surface area contributed by atoms with E-state index in [4.69, 9.17) is 11.6 Å². The SMILES string of the molecule is [O-][n+]1cc(-c2c(-n3cnnn3)ccc(Cl)c2F)ccc1C(Cc1nn(CC(F)(F)F)cc1F)n1cc(-c2ccnc(C(F)(F)F)c2)cn1. The van der Waals surface area contributed by atoms with Gasteiger partial charge in [0.25, 0.3) is 0 Å². The van der Waals surface area contributed by atoms with Crippen LogP contribution in [0, 0.1) is 16.8 Å². The highest BCUT2D eigenvalue weighted by molar-refractivity contribution is 6.31. The fourth-order valence-electron chi connectivity index (χ4n) is 4.96. The first-order valence-electron chi connectivity index (χ1n) is 13.5. The van der Waals surface area contributed by atoms with Gasteiger partial charge in [-0.25, -0.2) is 8.78 Å². The quantitative estimate of drug-likeness (QED) is 0.113. The minimum absolute atomic E-state index is 0.0104. The molecule has 0 amide bonds. The van der Waals surface area contributed by atoms with Crippen molar-refractivity contribution < 1.29 is 39.9 Å². The van der Waals surface area contributed by atoms with Crippen LogP contribution in [0.15, 0.2) is 73.7 Å². The van der Waals surface area contributed by atoms with Gasteiger partial charge in [-0.2, -0.15) is 46.0 Å². The predicted molar refractivity (Wildman–Crippen MR) is 149 cm³/mol. The van der Waals surface area contributed by atoms with Crippen molar-refractivity contribution in [2.45, 2.75) is 31.4 Å². The van der Waals surface area contributed by atoms with Crippen LogP contribution in [0.4, 0.5) is 35.1 Å². The maximum Gasteiger partial charge on any atom is 0.433 e. The van der Waals surface area contributed by atoms with Crippen molar-refractivity contribution in [3.8, 4) is 27.9 Å². The van der Waals surface area contributed by atoms with Gasteiger partial charge in [-0.05, 0) is 46.3 Å². The summed E-state index contributed by atoms with van der Waals surface area (Å²) in [6.07, 6.45) is -3.88. The second-order valence-corrected chi connectivity index (χ2v) is 10.7. The molecule has 6 aromatic rings. The second kappa shape index (κ2) is 12.3. The summed E-state index contributed by atoms with van der Waals surface area (Å²) >= 11 is 6.02. The predicted octanol–water partition coefficient (Wildman–Crippen LogP) is 5.76. The normalized spacial score (nSPS) is 12.9. The van der Waals surface area contributed by atoms with E-state index in [1.807, 2.05) is 0 Å². The fraction of sp³-hybridized carbons (Fsp3) is 0.179. The standard InChI is InChI=1S/C28H17ClF8N10O/c29-18-2-4-22(46-14-39-42-43-46)25(26(18)31)16-1-3-21(47(48)11-16)23(8-20-19(30)12-44(41-20)13-27(32,33)34)45-10-17(9-40-45)15-5-6-38-24(7-15)28(35,36)37/h1-7,9-12,14,23H,8,13H2. The lowest BCUT2D eigenvalue weighted by Crippen LogP contribution is -2.36. The van der Waals surface area contributed by atoms with Gasteiger partial charge in [-0.1, -0.05) is 11.6 Å². The van der Waals surface area contributed by atoms with Gasteiger partial charge < -0.3 is 5.21 Å². The molecule has 0 bridgehead atoms. The number of tetrazole rings is 1. The molecule has 48 heavy (non-hydrogen) atoms. The van der Waals surface area contributed by atoms with E-state index in [9.17, 15) is 35.9 Å². The number of hydrogen-bond acceptors (Lipinski definition) is 7. The van der Waals surface area contributed by atoms with Gasteiger partial charge in [0.2, 0.25) is 5.69 Å². The van der Waals surface area contributed by atoms with Crippen LogP contribution >= 0.6 is 11.6 Å². The van der Waals surface area contributed by atoms with E-state index in [-0.39, 0.29) is 38.7 Å². The fourth-order valence-corrected chi connectivity index (χ4v) is 5.11. The molecule has 0 N–H and O–H groups in total. The number of rotatable bonds is 8. The Morgan fingerprint density at radius 2 is 1.75 bits per heavy atom. The molecule has 20 heteroatoms. The molecule has 0 aliphatic rings. The van der Waals surface area contributed by atoms with Crippen LogP contribution in [0.3, 0.4) is 0 Å². The smallest absolute Gasteiger partial charge is 0.433 e. The lowest BCUT2D eigenvalue weighted by Gasteiger charge is -2.18.